The summed E-state index contributed by atoms with van der Waals surface area (Å²) in [4.78, 5) is 4.38. The van der Waals surface area contributed by atoms with Gasteiger partial charge in [0.05, 0.1) is 17.3 Å². The summed E-state index contributed by atoms with van der Waals surface area (Å²) in [5.41, 5.74) is 0.205. The number of thiazole rings is 1. The van der Waals surface area contributed by atoms with Crippen molar-refractivity contribution >= 4 is 61.9 Å². The van der Waals surface area contributed by atoms with Gasteiger partial charge in [-0.15, -0.1) is 11.3 Å². The standard InChI is InChI=1S/C16H11Cl3N2O4S2/c17-9-1-4-14(12(18)5-9)25-10-2-3-13(15(6-10)27(22,23)24)20-7-11-8-21-16(19)26-11/h1-6,8,20H,7H2,(H,22,23,24). The van der Waals surface area contributed by atoms with Gasteiger partial charge in [0.1, 0.15) is 16.4 Å². The molecule has 11 heteroatoms. The maximum Gasteiger partial charge on any atom is 0.296 e. The second-order valence-electron chi connectivity index (χ2n) is 5.24. The maximum atomic E-state index is 11.8. The number of anilines is 1. The van der Waals surface area contributed by atoms with Crippen LogP contribution in [-0.4, -0.2) is 18.0 Å². The summed E-state index contributed by atoms with van der Waals surface area (Å²) in [6.07, 6.45) is 1.58. The van der Waals surface area contributed by atoms with E-state index in [1.54, 1.807) is 24.4 Å². The second-order valence-corrected chi connectivity index (χ2v) is 9.17. The molecule has 0 unspecified atom stereocenters. The quantitative estimate of drug-likeness (QED) is 0.450. The van der Waals surface area contributed by atoms with Crippen molar-refractivity contribution in [1.82, 2.24) is 4.98 Å². The molecule has 3 aromatic rings. The molecule has 0 atom stereocenters. The summed E-state index contributed by atoms with van der Waals surface area (Å²) in [6, 6.07) is 8.85. The Bertz CT molecular complexity index is 1090. The van der Waals surface area contributed by atoms with E-state index in [2.05, 4.69) is 10.3 Å². The highest BCUT2D eigenvalue weighted by molar-refractivity contribution is 7.86. The van der Waals surface area contributed by atoms with Gasteiger partial charge >= 0.3 is 0 Å². The lowest BCUT2D eigenvalue weighted by molar-refractivity contribution is 0.472. The van der Waals surface area contributed by atoms with Crippen LogP contribution in [0.2, 0.25) is 14.5 Å². The Labute approximate surface area is 174 Å². The molecule has 0 bridgehead atoms. The van der Waals surface area contributed by atoms with E-state index < -0.39 is 10.1 Å². The molecule has 6 nitrogen and oxygen atoms in total. The van der Waals surface area contributed by atoms with Crippen LogP contribution in [0.15, 0.2) is 47.5 Å². The average Bonchev–Trinajstić information content (AvgIpc) is 3.01. The summed E-state index contributed by atoms with van der Waals surface area (Å²) in [5.74, 6) is 0.473. The van der Waals surface area contributed by atoms with Crippen molar-refractivity contribution in [3.8, 4) is 11.5 Å². The Balaban J connectivity index is 1.87. The van der Waals surface area contributed by atoms with E-state index in [1.807, 2.05) is 0 Å². The van der Waals surface area contributed by atoms with Gasteiger partial charge in [0.2, 0.25) is 0 Å². The third-order valence-electron chi connectivity index (χ3n) is 3.33. The minimum absolute atomic E-state index is 0.179. The number of hydrogen-bond acceptors (Lipinski definition) is 6. The molecule has 0 aliphatic carbocycles. The van der Waals surface area contributed by atoms with E-state index in [9.17, 15) is 13.0 Å². The molecular weight excluding hydrogens is 455 g/mol. The molecule has 1 heterocycles. The second kappa shape index (κ2) is 8.22. The lowest BCUT2D eigenvalue weighted by Crippen LogP contribution is -2.06. The molecule has 0 aliphatic rings. The molecule has 27 heavy (non-hydrogen) atoms. The Morgan fingerprint density at radius 3 is 2.56 bits per heavy atom. The van der Waals surface area contributed by atoms with Crippen LogP contribution in [0.4, 0.5) is 5.69 Å². The number of rotatable bonds is 6. The van der Waals surface area contributed by atoms with E-state index in [1.165, 1.54) is 29.5 Å². The summed E-state index contributed by atoms with van der Waals surface area (Å²) < 4.78 is 39.1. The molecule has 0 saturated carbocycles. The van der Waals surface area contributed by atoms with Crippen LogP contribution in [0.1, 0.15) is 4.88 Å². The SMILES string of the molecule is O=S(=O)(O)c1cc(Oc2ccc(Cl)cc2Cl)ccc1NCc1cnc(Cl)s1. The highest BCUT2D eigenvalue weighted by Gasteiger charge is 2.18. The number of nitrogens with one attached hydrogen (secondary N) is 1. The van der Waals surface area contributed by atoms with Crippen molar-refractivity contribution in [3.05, 3.63) is 62.0 Å². The Kier molecular flexibility index (Phi) is 6.15. The molecule has 2 aromatic carbocycles. The van der Waals surface area contributed by atoms with Gasteiger partial charge in [-0.3, -0.25) is 4.55 Å². The Morgan fingerprint density at radius 1 is 1.15 bits per heavy atom. The molecular formula is C16H11Cl3N2O4S2. The van der Waals surface area contributed by atoms with Crippen molar-refractivity contribution in [2.24, 2.45) is 0 Å². The van der Waals surface area contributed by atoms with Gasteiger partial charge in [-0.1, -0.05) is 34.8 Å². The minimum Gasteiger partial charge on any atom is -0.456 e. The lowest BCUT2D eigenvalue weighted by Gasteiger charge is -2.13. The molecule has 0 amide bonds. The highest BCUT2D eigenvalue weighted by atomic mass is 35.5. The first-order valence-corrected chi connectivity index (χ1v) is 10.7. The third-order valence-corrected chi connectivity index (χ3v) is 5.87. The molecule has 1 aromatic heterocycles. The molecule has 142 valence electrons. The zero-order chi connectivity index (χ0) is 19.6. The van der Waals surface area contributed by atoms with Gasteiger partial charge in [-0.05, 0) is 30.3 Å². The maximum absolute atomic E-state index is 11.8. The summed E-state index contributed by atoms with van der Waals surface area (Å²) in [5, 5.41) is 3.64. The van der Waals surface area contributed by atoms with Gasteiger partial charge in [-0.25, -0.2) is 4.98 Å². The summed E-state index contributed by atoms with van der Waals surface area (Å²) in [6.45, 7) is 0.288. The molecule has 2 N–H and O–H groups in total. The summed E-state index contributed by atoms with van der Waals surface area (Å²) >= 11 is 18.9. The molecule has 0 fully saturated rings. The average molecular weight is 466 g/mol. The van der Waals surface area contributed by atoms with Gasteiger partial charge in [0.15, 0.2) is 4.47 Å². The van der Waals surface area contributed by atoms with Crippen LogP contribution in [-0.2, 0) is 16.7 Å². The van der Waals surface area contributed by atoms with Crippen molar-refractivity contribution in [3.63, 3.8) is 0 Å². The fourth-order valence-electron chi connectivity index (χ4n) is 2.16. The first kappa shape index (κ1) is 20.2. The number of benzene rings is 2. The predicted molar refractivity (Wildman–Crippen MR) is 107 cm³/mol. The normalized spacial score (nSPS) is 11.4. The molecule has 0 radical (unpaired) electrons. The van der Waals surface area contributed by atoms with Crippen molar-refractivity contribution in [2.75, 3.05) is 5.32 Å². The molecule has 3 rings (SSSR count). The van der Waals surface area contributed by atoms with Crippen LogP contribution in [0, 0.1) is 0 Å². The first-order chi connectivity index (χ1) is 12.7. The first-order valence-electron chi connectivity index (χ1n) is 7.31. The van der Waals surface area contributed by atoms with Gasteiger partial charge in [0, 0.05) is 22.2 Å². The van der Waals surface area contributed by atoms with E-state index in [-0.39, 0.29) is 27.9 Å². The van der Waals surface area contributed by atoms with Gasteiger partial charge < -0.3 is 10.1 Å². The van der Waals surface area contributed by atoms with Gasteiger partial charge in [-0.2, -0.15) is 8.42 Å². The minimum atomic E-state index is -4.50. The number of hydrogen-bond donors (Lipinski definition) is 2. The van der Waals surface area contributed by atoms with Crippen molar-refractivity contribution in [2.45, 2.75) is 11.4 Å². The third kappa shape index (κ3) is 5.25. The lowest BCUT2D eigenvalue weighted by atomic mass is 10.3. The Morgan fingerprint density at radius 2 is 1.93 bits per heavy atom. The number of ether oxygens (including phenoxy) is 1. The van der Waals surface area contributed by atoms with E-state index in [4.69, 9.17) is 39.5 Å². The van der Waals surface area contributed by atoms with Crippen LogP contribution >= 0.6 is 46.1 Å². The molecule has 0 saturated heterocycles. The zero-order valence-electron chi connectivity index (χ0n) is 13.3. The topological polar surface area (TPSA) is 88.5 Å². The van der Waals surface area contributed by atoms with Crippen LogP contribution in [0.5, 0.6) is 11.5 Å². The predicted octanol–water partition coefficient (Wildman–Crippen LogP) is 5.75. The van der Waals surface area contributed by atoms with Gasteiger partial charge in [0.25, 0.3) is 10.1 Å². The molecule has 0 aliphatic heterocycles. The monoisotopic (exact) mass is 464 g/mol. The number of nitrogens with zero attached hydrogens (tertiary/aromatic N) is 1. The fourth-order valence-corrected chi connectivity index (χ4v) is 4.21. The highest BCUT2D eigenvalue weighted by Crippen LogP contribution is 2.34. The summed E-state index contributed by atoms with van der Waals surface area (Å²) in [7, 11) is -4.50. The largest absolute Gasteiger partial charge is 0.456 e. The van der Waals surface area contributed by atoms with Crippen molar-refractivity contribution in [1.29, 1.82) is 0 Å². The fraction of sp³-hybridized carbons (Fsp3) is 0.0625. The smallest absolute Gasteiger partial charge is 0.296 e. The number of aromatic nitrogens is 1. The van der Waals surface area contributed by atoms with Crippen molar-refractivity contribution < 1.29 is 17.7 Å². The van der Waals surface area contributed by atoms with Crippen LogP contribution < -0.4 is 10.1 Å². The van der Waals surface area contributed by atoms with Crippen LogP contribution in [0.3, 0.4) is 0 Å². The Hall–Kier alpha value is -1.55. The zero-order valence-corrected chi connectivity index (χ0v) is 17.2. The van der Waals surface area contributed by atoms with Crippen LogP contribution in [0.25, 0.3) is 0 Å². The van der Waals surface area contributed by atoms with E-state index >= 15 is 0 Å². The molecule has 0 spiro atoms. The van der Waals surface area contributed by atoms with E-state index in [0.717, 1.165) is 4.88 Å². The number of halogens is 3. The van der Waals surface area contributed by atoms with E-state index in [0.29, 0.717) is 15.2 Å².